The Labute approximate surface area is 246 Å². The smallest absolute Gasteiger partial charge is 0.433 e. The van der Waals surface area contributed by atoms with Crippen LogP contribution in [0.25, 0.3) is 16.9 Å². The molecule has 1 aromatic carbocycles. The molecule has 4 aromatic rings. The molecular formula is C30H33F3N6O4. The maximum Gasteiger partial charge on any atom is 0.433 e. The molecule has 1 N–H and O–H groups in total. The number of methoxy groups -OCH3 is 1. The average Bonchev–Trinajstić information content (AvgIpc) is 3.40. The van der Waals surface area contributed by atoms with Gasteiger partial charge in [0.05, 0.1) is 38.3 Å². The number of piperazine rings is 1. The van der Waals surface area contributed by atoms with Gasteiger partial charge in [-0.2, -0.15) is 18.3 Å². The second-order valence-corrected chi connectivity index (χ2v) is 10.4. The van der Waals surface area contributed by atoms with Crippen LogP contribution in [-0.2, 0) is 6.18 Å². The zero-order valence-corrected chi connectivity index (χ0v) is 24.3. The number of amides is 1. The van der Waals surface area contributed by atoms with Gasteiger partial charge in [-0.25, -0.2) is 14.5 Å². The second kappa shape index (κ2) is 12.2. The Morgan fingerprint density at radius 3 is 2.47 bits per heavy atom. The summed E-state index contributed by atoms with van der Waals surface area (Å²) in [6, 6.07) is 9.48. The van der Waals surface area contributed by atoms with Crippen molar-refractivity contribution in [2.75, 3.05) is 40.0 Å². The number of benzene rings is 1. The molecule has 1 amide bonds. The highest BCUT2D eigenvalue weighted by Crippen LogP contribution is 2.37. The van der Waals surface area contributed by atoms with Crippen LogP contribution in [0.4, 0.5) is 13.2 Å². The van der Waals surface area contributed by atoms with E-state index < -0.39 is 17.8 Å². The standard InChI is InChI=1S/C30H33F3N6O4/c1-5-43-25-11-8-21(14-34-25)24(17-40)37-12-13-38(18(2)16-37)29(41)23-15-35-39-27(30(31,32)33)19(3)26(36-28(23)39)20-6-9-22(42-4)10-7-20/h6-11,14-15,18,24,40H,5,12-13,16-17H2,1-4H3/t18-,24?/m1/s1. The fourth-order valence-corrected chi connectivity index (χ4v) is 5.57. The number of halogens is 3. The van der Waals surface area contributed by atoms with E-state index in [0.717, 1.165) is 11.8 Å². The maximum absolute atomic E-state index is 14.3. The van der Waals surface area contributed by atoms with Gasteiger partial charge < -0.3 is 19.5 Å². The molecule has 0 spiro atoms. The van der Waals surface area contributed by atoms with E-state index in [9.17, 15) is 23.1 Å². The minimum atomic E-state index is -4.74. The van der Waals surface area contributed by atoms with Crippen molar-refractivity contribution < 1.29 is 32.5 Å². The Hall–Kier alpha value is -4.23. The van der Waals surface area contributed by atoms with E-state index in [2.05, 4.69) is 20.0 Å². The summed E-state index contributed by atoms with van der Waals surface area (Å²) in [5.41, 5.74) is 0.0809. The first kappa shape index (κ1) is 30.2. The molecule has 0 aliphatic carbocycles. The zero-order chi connectivity index (χ0) is 30.9. The largest absolute Gasteiger partial charge is 0.497 e. The van der Waals surface area contributed by atoms with Crippen molar-refractivity contribution in [3.63, 3.8) is 0 Å². The topological polar surface area (TPSA) is 105 Å². The summed E-state index contributed by atoms with van der Waals surface area (Å²) < 4.78 is 54.3. The summed E-state index contributed by atoms with van der Waals surface area (Å²) in [7, 11) is 1.50. The lowest BCUT2D eigenvalue weighted by molar-refractivity contribution is -0.143. The molecule has 10 nitrogen and oxygen atoms in total. The second-order valence-electron chi connectivity index (χ2n) is 10.4. The number of aromatic nitrogens is 4. The molecule has 1 saturated heterocycles. The van der Waals surface area contributed by atoms with E-state index in [1.54, 1.807) is 41.4 Å². The average molecular weight is 599 g/mol. The molecule has 0 radical (unpaired) electrons. The number of aliphatic hydroxyl groups excluding tert-OH is 1. The molecule has 5 rings (SSSR count). The minimum Gasteiger partial charge on any atom is -0.497 e. The van der Waals surface area contributed by atoms with Crippen LogP contribution in [0, 0.1) is 6.92 Å². The van der Waals surface area contributed by atoms with Crippen molar-refractivity contribution in [2.45, 2.75) is 39.0 Å². The van der Waals surface area contributed by atoms with E-state index in [-0.39, 0.29) is 41.2 Å². The molecule has 43 heavy (non-hydrogen) atoms. The summed E-state index contributed by atoms with van der Waals surface area (Å²) in [5.74, 6) is 0.581. The predicted molar refractivity (Wildman–Crippen MR) is 152 cm³/mol. The van der Waals surface area contributed by atoms with Gasteiger partial charge in [-0.15, -0.1) is 0 Å². The number of rotatable bonds is 8. The summed E-state index contributed by atoms with van der Waals surface area (Å²) in [6.45, 7) is 6.58. The van der Waals surface area contributed by atoms with Gasteiger partial charge in [0, 0.05) is 49.1 Å². The van der Waals surface area contributed by atoms with Crippen molar-refractivity contribution >= 4 is 11.6 Å². The lowest BCUT2D eigenvalue weighted by Crippen LogP contribution is -2.55. The zero-order valence-electron chi connectivity index (χ0n) is 24.3. The Morgan fingerprint density at radius 1 is 1.14 bits per heavy atom. The van der Waals surface area contributed by atoms with Gasteiger partial charge >= 0.3 is 6.18 Å². The number of carbonyl (C=O) groups excluding carboxylic acids is 1. The maximum atomic E-state index is 14.3. The molecule has 13 heteroatoms. The van der Waals surface area contributed by atoms with Crippen LogP contribution in [-0.4, -0.2) is 86.4 Å². The van der Waals surface area contributed by atoms with Crippen molar-refractivity contribution in [3.8, 4) is 22.9 Å². The molecule has 2 atom stereocenters. The summed E-state index contributed by atoms with van der Waals surface area (Å²) in [5, 5.41) is 14.2. The van der Waals surface area contributed by atoms with Gasteiger partial charge in [0.25, 0.3) is 5.91 Å². The van der Waals surface area contributed by atoms with Gasteiger partial charge in [0.1, 0.15) is 11.3 Å². The highest BCUT2D eigenvalue weighted by Gasteiger charge is 2.39. The van der Waals surface area contributed by atoms with Crippen molar-refractivity contribution in [1.29, 1.82) is 0 Å². The number of ether oxygens (including phenoxy) is 2. The molecule has 0 bridgehead atoms. The third-order valence-corrected chi connectivity index (χ3v) is 7.72. The number of nitrogens with zero attached hydrogens (tertiary/aromatic N) is 6. The van der Waals surface area contributed by atoms with E-state index in [4.69, 9.17) is 9.47 Å². The first-order chi connectivity index (χ1) is 20.6. The molecule has 0 saturated carbocycles. The van der Waals surface area contributed by atoms with E-state index >= 15 is 0 Å². The van der Waals surface area contributed by atoms with Crippen LogP contribution in [0.15, 0.2) is 48.8 Å². The van der Waals surface area contributed by atoms with Crippen molar-refractivity contribution in [2.24, 2.45) is 0 Å². The van der Waals surface area contributed by atoms with E-state index in [0.29, 0.717) is 47.9 Å². The fraction of sp³-hybridized carbons (Fsp3) is 0.400. The lowest BCUT2D eigenvalue weighted by atomic mass is 10.0. The summed E-state index contributed by atoms with van der Waals surface area (Å²) >= 11 is 0. The van der Waals surface area contributed by atoms with Gasteiger partial charge in [-0.1, -0.05) is 6.07 Å². The van der Waals surface area contributed by atoms with Crippen LogP contribution in [0.2, 0.25) is 0 Å². The number of fused-ring (bicyclic) bond motifs is 1. The first-order valence-electron chi connectivity index (χ1n) is 13.9. The molecule has 3 aromatic heterocycles. The Morgan fingerprint density at radius 2 is 1.88 bits per heavy atom. The van der Waals surface area contributed by atoms with E-state index in [1.807, 2.05) is 19.9 Å². The number of hydrogen-bond donors (Lipinski definition) is 1. The molecule has 1 aliphatic heterocycles. The lowest BCUT2D eigenvalue weighted by Gasteiger charge is -2.42. The van der Waals surface area contributed by atoms with Crippen LogP contribution >= 0.6 is 0 Å². The number of carbonyl (C=O) groups is 1. The number of aliphatic hydroxyl groups is 1. The van der Waals surface area contributed by atoms with Gasteiger partial charge in [-0.3, -0.25) is 9.69 Å². The van der Waals surface area contributed by atoms with E-state index in [1.165, 1.54) is 14.0 Å². The molecule has 1 aliphatic rings. The fourth-order valence-electron chi connectivity index (χ4n) is 5.57. The van der Waals surface area contributed by atoms with Gasteiger partial charge in [0.2, 0.25) is 5.88 Å². The van der Waals surface area contributed by atoms with Crippen LogP contribution in [0.5, 0.6) is 11.6 Å². The predicted octanol–water partition coefficient (Wildman–Crippen LogP) is 4.41. The van der Waals surface area contributed by atoms with Crippen LogP contribution in [0.3, 0.4) is 0 Å². The summed E-state index contributed by atoms with van der Waals surface area (Å²) in [6.07, 6.45) is -1.93. The summed E-state index contributed by atoms with van der Waals surface area (Å²) in [4.78, 5) is 26.3. The molecule has 1 fully saturated rings. The Bertz CT molecular complexity index is 1590. The molecule has 4 heterocycles. The number of pyridine rings is 1. The van der Waals surface area contributed by atoms with Crippen molar-refractivity contribution in [1.82, 2.24) is 29.4 Å². The third kappa shape index (κ3) is 5.87. The SMILES string of the molecule is CCOc1ccc(C(CO)N2CCN(C(=O)c3cnn4c(C(F)(F)F)c(C)c(-c5ccc(OC)cc5)nc34)[C@H](C)C2)cn1. The van der Waals surface area contributed by atoms with Gasteiger partial charge in [0.15, 0.2) is 11.3 Å². The number of hydrogen-bond acceptors (Lipinski definition) is 8. The van der Waals surface area contributed by atoms with Crippen LogP contribution in [0.1, 0.15) is 47.1 Å². The highest BCUT2D eigenvalue weighted by atomic mass is 19.4. The Kier molecular flexibility index (Phi) is 8.56. The third-order valence-electron chi connectivity index (χ3n) is 7.72. The Balaban J connectivity index is 1.44. The normalized spacial score (nSPS) is 16.8. The highest BCUT2D eigenvalue weighted by molar-refractivity contribution is 6.00. The molecule has 228 valence electrons. The van der Waals surface area contributed by atoms with Gasteiger partial charge in [-0.05, 0) is 50.6 Å². The molecule has 1 unspecified atom stereocenters. The minimum absolute atomic E-state index is 0.0185. The first-order valence-corrected chi connectivity index (χ1v) is 13.9. The number of alkyl halides is 3. The molecular weight excluding hydrogens is 565 g/mol. The monoisotopic (exact) mass is 598 g/mol. The van der Waals surface area contributed by atoms with Crippen LogP contribution < -0.4 is 9.47 Å². The quantitative estimate of drug-likeness (QED) is 0.318. The van der Waals surface area contributed by atoms with Crippen molar-refractivity contribution in [3.05, 3.63) is 71.2 Å².